The van der Waals surface area contributed by atoms with Crippen LogP contribution in [-0.4, -0.2) is 25.2 Å². The normalized spacial score (nSPS) is 19.7. The number of carbonyl (C=O) groups is 1. The zero-order valence-corrected chi connectivity index (χ0v) is 15.5. The summed E-state index contributed by atoms with van der Waals surface area (Å²) in [5.74, 6) is 0.412. The molecule has 24 heavy (non-hydrogen) atoms. The number of ether oxygens (including phenoxy) is 1. The Bertz CT molecular complexity index is 634. The van der Waals surface area contributed by atoms with Crippen molar-refractivity contribution in [2.45, 2.75) is 32.7 Å². The molecule has 2 atom stereocenters. The minimum atomic E-state index is -0.143. The highest BCUT2D eigenvalue weighted by Gasteiger charge is 2.20. The van der Waals surface area contributed by atoms with Gasteiger partial charge >= 0.3 is 0 Å². The summed E-state index contributed by atoms with van der Waals surface area (Å²) in [6, 6.07) is 5.18. The van der Waals surface area contributed by atoms with Gasteiger partial charge in [-0.3, -0.25) is 4.79 Å². The third-order valence-corrected chi connectivity index (χ3v) is 4.77. The standard InChI is InChI=1S/C19H23Cl2NO2/c1-3-15(10-14-8-9-24-12-14)13(2)22-19(23)7-5-16-4-6-17(20)11-18(16)21/h3-7,11,13-14H,8-10,12H2,1-2H3,(H,22,23)/b7-5+,15-3+. The molecule has 1 fully saturated rings. The van der Waals surface area contributed by atoms with Crippen molar-refractivity contribution in [3.05, 3.63) is 51.5 Å². The molecule has 3 nitrogen and oxygen atoms in total. The Balaban J connectivity index is 1.91. The molecule has 0 aromatic heterocycles. The van der Waals surface area contributed by atoms with E-state index >= 15 is 0 Å². The summed E-state index contributed by atoms with van der Waals surface area (Å²) in [5.41, 5.74) is 2.00. The van der Waals surface area contributed by atoms with Crippen LogP contribution in [0.3, 0.4) is 0 Å². The van der Waals surface area contributed by atoms with Crippen molar-refractivity contribution in [3.63, 3.8) is 0 Å². The van der Waals surface area contributed by atoms with Gasteiger partial charge in [-0.05, 0) is 56.4 Å². The second kappa shape index (κ2) is 9.26. The largest absolute Gasteiger partial charge is 0.381 e. The predicted molar refractivity (Wildman–Crippen MR) is 100 cm³/mol. The Kier molecular flexibility index (Phi) is 7.35. The van der Waals surface area contributed by atoms with Crippen LogP contribution in [0, 0.1) is 5.92 Å². The van der Waals surface area contributed by atoms with Crippen LogP contribution in [0.2, 0.25) is 10.0 Å². The van der Waals surface area contributed by atoms with E-state index in [9.17, 15) is 4.79 Å². The maximum Gasteiger partial charge on any atom is 0.244 e. The summed E-state index contributed by atoms with van der Waals surface area (Å²) >= 11 is 12.0. The average molecular weight is 368 g/mol. The molecule has 1 amide bonds. The first-order chi connectivity index (χ1) is 11.5. The van der Waals surface area contributed by atoms with Gasteiger partial charge in [0.2, 0.25) is 5.91 Å². The van der Waals surface area contributed by atoms with E-state index in [1.807, 2.05) is 13.8 Å². The van der Waals surface area contributed by atoms with Crippen molar-refractivity contribution in [3.8, 4) is 0 Å². The molecule has 0 bridgehead atoms. The van der Waals surface area contributed by atoms with Gasteiger partial charge in [-0.15, -0.1) is 0 Å². The van der Waals surface area contributed by atoms with Gasteiger partial charge in [-0.2, -0.15) is 0 Å². The van der Waals surface area contributed by atoms with Crippen LogP contribution in [0.5, 0.6) is 0 Å². The number of carbonyl (C=O) groups excluding carboxylic acids is 1. The molecule has 0 aliphatic carbocycles. The number of hydrogen-bond acceptors (Lipinski definition) is 2. The third-order valence-electron chi connectivity index (χ3n) is 4.21. The van der Waals surface area contributed by atoms with Gasteiger partial charge in [-0.1, -0.05) is 40.9 Å². The van der Waals surface area contributed by atoms with E-state index in [0.29, 0.717) is 16.0 Å². The first-order valence-electron chi connectivity index (χ1n) is 8.16. The topological polar surface area (TPSA) is 38.3 Å². The first-order valence-corrected chi connectivity index (χ1v) is 8.91. The molecule has 1 aromatic carbocycles. The van der Waals surface area contributed by atoms with Gasteiger partial charge in [0.15, 0.2) is 0 Å². The molecule has 1 heterocycles. The Labute approximate surface area is 153 Å². The summed E-state index contributed by atoms with van der Waals surface area (Å²) < 4.78 is 5.42. The van der Waals surface area contributed by atoms with Crippen LogP contribution in [0.4, 0.5) is 0 Å². The lowest BCUT2D eigenvalue weighted by molar-refractivity contribution is -0.116. The van der Waals surface area contributed by atoms with Crippen LogP contribution in [0.1, 0.15) is 32.3 Å². The smallest absolute Gasteiger partial charge is 0.244 e. The quantitative estimate of drug-likeness (QED) is 0.574. The highest BCUT2D eigenvalue weighted by Crippen LogP contribution is 2.23. The van der Waals surface area contributed by atoms with Crippen molar-refractivity contribution in [2.75, 3.05) is 13.2 Å². The predicted octanol–water partition coefficient (Wildman–Crippen LogP) is 4.88. The third kappa shape index (κ3) is 5.66. The van der Waals surface area contributed by atoms with E-state index in [0.717, 1.165) is 31.6 Å². The Morgan fingerprint density at radius 1 is 1.46 bits per heavy atom. The van der Waals surface area contributed by atoms with Gasteiger partial charge in [0.05, 0.1) is 0 Å². The van der Waals surface area contributed by atoms with Crippen molar-refractivity contribution < 1.29 is 9.53 Å². The number of nitrogens with one attached hydrogen (secondary N) is 1. The van der Waals surface area contributed by atoms with Crippen LogP contribution < -0.4 is 5.32 Å². The van der Waals surface area contributed by atoms with Gasteiger partial charge < -0.3 is 10.1 Å². The monoisotopic (exact) mass is 367 g/mol. The zero-order valence-electron chi connectivity index (χ0n) is 14.0. The number of hydrogen-bond donors (Lipinski definition) is 1. The second-order valence-corrected chi connectivity index (χ2v) is 6.87. The first kappa shape index (κ1) is 19.0. The van der Waals surface area contributed by atoms with E-state index in [4.69, 9.17) is 27.9 Å². The molecule has 5 heteroatoms. The van der Waals surface area contributed by atoms with Crippen LogP contribution >= 0.6 is 23.2 Å². The number of amides is 1. The molecule has 1 saturated heterocycles. The summed E-state index contributed by atoms with van der Waals surface area (Å²) in [5, 5.41) is 4.10. The molecule has 0 saturated carbocycles. The molecule has 1 aliphatic heterocycles. The summed E-state index contributed by atoms with van der Waals surface area (Å²) in [4.78, 5) is 12.1. The van der Waals surface area contributed by atoms with E-state index < -0.39 is 0 Å². The fraction of sp³-hybridized carbons (Fsp3) is 0.421. The molecule has 2 rings (SSSR count). The molecule has 0 radical (unpaired) electrons. The molecule has 1 aromatic rings. The molecule has 1 aliphatic rings. The molecular formula is C19H23Cl2NO2. The van der Waals surface area contributed by atoms with Gasteiger partial charge in [0.1, 0.15) is 0 Å². The van der Waals surface area contributed by atoms with Gasteiger partial charge in [0, 0.05) is 35.4 Å². The van der Waals surface area contributed by atoms with Crippen LogP contribution in [-0.2, 0) is 9.53 Å². The Morgan fingerprint density at radius 2 is 2.25 bits per heavy atom. The second-order valence-electron chi connectivity index (χ2n) is 6.03. The van der Waals surface area contributed by atoms with Crippen LogP contribution in [0.25, 0.3) is 6.08 Å². The zero-order chi connectivity index (χ0) is 17.5. The fourth-order valence-corrected chi connectivity index (χ4v) is 3.25. The number of allylic oxidation sites excluding steroid dienone is 1. The van der Waals surface area contributed by atoms with Crippen molar-refractivity contribution in [1.29, 1.82) is 0 Å². The maximum atomic E-state index is 12.1. The van der Waals surface area contributed by atoms with Crippen molar-refractivity contribution in [2.24, 2.45) is 5.92 Å². The maximum absolute atomic E-state index is 12.1. The number of benzene rings is 1. The summed E-state index contributed by atoms with van der Waals surface area (Å²) in [6.45, 7) is 5.67. The SMILES string of the molecule is C/C=C(\CC1CCOC1)C(C)NC(=O)/C=C/c1ccc(Cl)cc1Cl. The van der Waals surface area contributed by atoms with Crippen molar-refractivity contribution in [1.82, 2.24) is 5.32 Å². The van der Waals surface area contributed by atoms with Crippen LogP contribution in [0.15, 0.2) is 35.9 Å². The average Bonchev–Trinajstić information content (AvgIpc) is 3.04. The Hall–Kier alpha value is -1.29. The lowest BCUT2D eigenvalue weighted by Crippen LogP contribution is -2.33. The van der Waals surface area contributed by atoms with Gasteiger partial charge in [-0.25, -0.2) is 0 Å². The van der Waals surface area contributed by atoms with E-state index in [-0.39, 0.29) is 11.9 Å². The number of rotatable bonds is 6. The highest BCUT2D eigenvalue weighted by molar-refractivity contribution is 6.35. The molecule has 130 valence electrons. The summed E-state index contributed by atoms with van der Waals surface area (Å²) in [6.07, 6.45) is 7.33. The number of halogens is 2. The lowest BCUT2D eigenvalue weighted by atomic mass is 9.94. The van der Waals surface area contributed by atoms with Gasteiger partial charge in [0.25, 0.3) is 0 Å². The molecule has 1 N–H and O–H groups in total. The minimum absolute atomic E-state index is 0.00607. The molecule has 2 unspecified atom stereocenters. The molecular weight excluding hydrogens is 345 g/mol. The fourth-order valence-electron chi connectivity index (χ4n) is 2.78. The summed E-state index contributed by atoms with van der Waals surface area (Å²) in [7, 11) is 0. The Morgan fingerprint density at radius 3 is 2.88 bits per heavy atom. The highest BCUT2D eigenvalue weighted by atomic mass is 35.5. The van der Waals surface area contributed by atoms with E-state index in [1.54, 1.807) is 24.3 Å². The minimum Gasteiger partial charge on any atom is -0.381 e. The van der Waals surface area contributed by atoms with E-state index in [2.05, 4.69) is 11.4 Å². The van der Waals surface area contributed by atoms with E-state index in [1.165, 1.54) is 11.6 Å². The lowest BCUT2D eigenvalue weighted by Gasteiger charge is -2.19. The van der Waals surface area contributed by atoms with Crippen molar-refractivity contribution >= 4 is 35.2 Å². The molecule has 0 spiro atoms.